The number of benzene rings is 1. The molecular weight excluding hydrogens is 169 g/mol. The van der Waals surface area contributed by atoms with E-state index < -0.39 is 0 Å². The lowest BCUT2D eigenvalue weighted by molar-refractivity contribution is 0.360. The number of hydrogen-bond acceptors (Lipinski definition) is 2. The molecule has 1 aliphatic heterocycles. The summed E-state index contributed by atoms with van der Waals surface area (Å²) in [4.78, 5) is 0. The van der Waals surface area contributed by atoms with Crippen LogP contribution in [0.1, 0.15) is 23.6 Å². The van der Waals surface area contributed by atoms with Gasteiger partial charge >= 0.3 is 0 Å². The van der Waals surface area contributed by atoms with E-state index in [4.69, 9.17) is 0 Å². The number of phenolic OH excluding ortho intramolecular Hbond substituents is 1. The summed E-state index contributed by atoms with van der Waals surface area (Å²) in [6.45, 7) is 2.64. The smallest absolute Gasteiger partial charge is 0.126 e. The van der Waals surface area contributed by atoms with Crippen LogP contribution in [0.15, 0.2) is 12.1 Å². The van der Waals surface area contributed by atoms with Crippen molar-refractivity contribution in [3.05, 3.63) is 29.1 Å². The molecule has 0 aliphatic carbocycles. The summed E-state index contributed by atoms with van der Waals surface area (Å²) >= 11 is 0. The average Bonchev–Trinajstić information content (AvgIpc) is 2.02. The lowest BCUT2D eigenvalue weighted by atomic mass is 9.93. The van der Waals surface area contributed by atoms with Gasteiger partial charge in [0.25, 0.3) is 0 Å². The molecule has 3 heteroatoms. The third-order valence-electron chi connectivity index (χ3n) is 2.60. The first-order valence-corrected chi connectivity index (χ1v) is 4.41. The number of phenols is 1. The van der Waals surface area contributed by atoms with Crippen LogP contribution in [0.2, 0.25) is 0 Å². The maximum Gasteiger partial charge on any atom is 0.126 e. The van der Waals surface area contributed by atoms with Gasteiger partial charge in [-0.25, -0.2) is 4.39 Å². The van der Waals surface area contributed by atoms with Gasteiger partial charge in [-0.05, 0) is 37.6 Å². The SMILES string of the molecule is Cc1c(F)ccc(O)c1[C@@H]1CCN1. The van der Waals surface area contributed by atoms with Crippen molar-refractivity contribution >= 4 is 0 Å². The van der Waals surface area contributed by atoms with Gasteiger partial charge in [-0.15, -0.1) is 0 Å². The topological polar surface area (TPSA) is 32.3 Å². The van der Waals surface area contributed by atoms with Gasteiger partial charge in [-0.2, -0.15) is 0 Å². The van der Waals surface area contributed by atoms with Crippen LogP contribution < -0.4 is 5.32 Å². The van der Waals surface area contributed by atoms with Gasteiger partial charge in [0, 0.05) is 11.6 Å². The van der Waals surface area contributed by atoms with Crippen LogP contribution in [0.3, 0.4) is 0 Å². The van der Waals surface area contributed by atoms with Gasteiger partial charge < -0.3 is 10.4 Å². The van der Waals surface area contributed by atoms with Crippen LogP contribution in [0, 0.1) is 12.7 Å². The Hall–Kier alpha value is -1.09. The third kappa shape index (κ3) is 1.29. The predicted octanol–water partition coefficient (Wildman–Crippen LogP) is 1.87. The van der Waals surface area contributed by atoms with E-state index in [2.05, 4.69) is 5.32 Å². The summed E-state index contributed by atoms with van der Waals surface area (Å²) in [7, 11) is 0. The Labute approximate surface area is 76.4 Å². The van der Waals surface area contributed by atoms with E-state index in [1.807, 2.05) is 0 Å². The first kappa shape index (κ1) is 8.51. The largest absolute Gasteiger partial charge is 0.508 e. The van der Waals surface area contributed by atoms with Crippen molar-refractivity contribution in [2.45, 2.75) is 19.4 Å². The van der Waals surface area contributed by atoms with Gasteiger partial charge in [-0.1, -0.05) is 0 Å². The summed E-state index contributed by atoms with van der Waals surface area (Å²) < 4.78 is 13.1. The minimum Gasteiger partial charge on any atom is -0.508 e. The van der Waals surface area contributed by atoms with Crippen LogP contribution in [0.5, 0.6) is 5.75 Å². The van der Waals surface area contributed by atoms with Gasteiger partial charge in [-0.3, -0.25) is 0 Å². The number of rotatable bonds is 1. The Morgan fingerprint density at radius 3 is 2.77 bits per heavy atom. The molecule has 1 saturated heterocycles. The van der Waals surface area contributed by atoms with Gasteiger partial charge in [0.05, 0.1) is 0 Å². The first-order chi connectivity index (χ1) is 6.20. The van der Waals surface area contributed by atoms with Crippen LogP contribution >= 0.6 is 0 Å². The molecule has 2 N–H and O–H groups in total. The van der Waals surface area contributed by atoms with Crippen LogP contribution in [-0.2, 0) is 0 Å². The molecule has 1 fully saturated rings. The Morgan fingerprint density at radius 1 is 1.54 bits per heavy atom. The standard InChI is InChI=1S/C10H12FNO/c1-6-7(11)2-3-9(13)10(6)8-4-5-12-8/h2-3,8,12-13H,4-5H2,1H3/t8-/m0/s1. The molecule has 2 nitrogen and oxygen atoms in total. The zero-order valence-electron chi connectivity index (χ0n) is 7.47. The van der Waals surface area contributed by atoms with E-state index in [0.29, 0.717) is 11.1 Å². The Bertz CT molecular complexity index is 334. The molecule has 70 valence electrons. The Morgan fingerprint density at radius 2 is 2.23 bits per heavy atom. The van der Waals surface area contributed by atoms with E-state index in [0.717, 1.165) is 13.0 Å². The highest BCUT2D eigenvalue weighted by Crippen LogP contribution is 2.33. The summed E-state index contributed by atoms with van der Waals surface area (Å²) in [6.07, 6.45) is 0.970. The molecule has 0 bridgehead atoms. The van der Waals surface area contributed by atoms with E-state index in [9.17, 15) is 9.50 Å². The normalized spacial score (nSPS) is 21.2. The summed E-state index contributed by atoms with van der Waals surface area (Å²) in [5.41, 5.74) is 1.27. The maximum absolute atomic E-state index is 13.1. The third-order valence-corrected chi connectivity index (χ3v) is 2.60. The van der Waals surface area contributed by atoms with Gasteiger partial charge in [0.2, 0.25) is 0 Å². The lowest BCUT2D eigenvalue weighted by Gasteiger charge is -2.29. The second-order valence-electron chi connectivity index (χ2n) is 3.40. The van der Waals surface area contributed by atoms with E-state index >= 15 is 0 Å². The fraction of sp³-hybridized carbons (Fsp3) is 0.400. The molecular formula is C10H12FNO. The molecule has 1 aromatic rings. The van der Waals surface area contributed by atoms with E-state index in [-0.39, 0.29) is 17.6 Å². The van der Waals surface area contributed by atoms with Crippen LogP contribution in [0.4, 0.5) is 4.39 Å². The Kier molecular flexibility index (Phi) is 1.96. The zero-order valence-corrected chi connectivity index (χ0v) is 7.47. The molecule has 0 amide bonds. The van der Waals surface area contributed by atoms with Crippen molar-refractivity contribution in [1.82, 2.24) is 5.32 Å². The molecule has 0 aromatic heterocycles. The van der Waals surface area contributed by atoms with Crippen LogP contribution in [-0.4, -0.2) is 11.7 Å². The fourth-order valence-corrected chi connectivity index (χ4v) is 1.66. The van der Waals surface area contributed by atoms with Crippen molar-refractivity contribution in [3.8, 4) is 5.75 Å². The molecule has 0 radical (unpaired) electrons. The zero-order chi connectivity index (χ0) is 9.42. The molecule has 1 aromatic carbocycles. The fourth-order valence-electron chi connectivity index (χ4n) is 1.66. The summed E-state index contributed by atoms with van der Waals surface area (Å²) in [6, 6.07) is 2.85. The van der Waals surface area contributed by atoms with E-state index in [1.54, 1.807) is 6.92 Å². The van der Waals surface area contributed by atoms with Crippen LogP contribution in [0.25, 0.3) is 0 Å². The van der Waals surface area contributed by atoms with Crippen molar-refractivity contribution in [2.24, 2.45) is 0 Å². The molecule has 1 atom stereocenters. The molecule has 2 rings (SSSR count). The second kappa shape index (κ2) is 3.00. The van der Waals surface area contributed by atoms with Crippen molar-refractivity contribution in [3.63, 3.8) is 0 Å². The predicted molar refractivity (Wildman–Crippen MR) is 48.2 cm³/mol. The average molecular weight is 181 g/mol. The van der Waals surface area contributed by atoms with Crippen molar-refractivity contribution in [1.29, 1.82) is 0 Å². The van der Waals surface area contributed by atoms with E-state index in [1.165, 1.54) is 12.1 Å². The number of aromatic hydroxyl groups is 1. The summed E-state index contributed by atoms with van der Waals surface area (Å²) in [5.74, 6) is -0.0578. The van der Waals surface area contributed by atoms with Crippen molar-refractivity contribution in [2.75, 3.05) is 6.54 Å². The monoisotopic (exact) mass is 181 g/mol. The number of hydrogen-bond donors (Lipinski definition) is 2. The molecule has 0 saturated carbocycles. The number of nitrogens with one attached hydrogen (secondary N) is 1. The quantitative estimate of drug-likeness (QED) is 0.693. The highest BCUT2D eigenvalue weighted by atomic mass is 19.1. The molecule has 0 spiro atoms. The minimum absolute atomic E-state index is 0.135. The Balaban J connectivity index is 2.46. The molecule has 1 aliphatic rings. The number of halogens is 1. The molecule has 13 heavy (non-hydrogen) atoms. The molecule has 0 unspecified atom stereocenters. The summed E-state index contributed by atoms with van der Waals surface area (Å²) in [5, 5.41) is 12.7. The first-order valence-electron chi connectivity index (χ1n) is 4.41. The second-order valence-corrected chi connectivity index (χ2v) is 3.40. The minimum atomic E-state index is -0.249. The van der Waals surface area contributed by atoms with Crippen molar-refractivity contribution < 1.29 is 9.50 Å². The van der Waals surface area contributed by atoms with Gasteiger partial charge in [0.1, 0.15) is 11.6 Å². The molecule has 1 heterocycles. The maximum atomic E-state index is 13.1. The highest BCUT2D eigenvalue weighted by molar-refractivity contribution is 5.42. The lowest BCUT2D eigenvalue weighted by Crippen LogP contribution is -2.35. The highest BCUT2D eigenvalue weighted by Gasteiger charge is 2.24. The van der Waals surface area contributed by atoms with Gasteiger partial charge in [0.15, 0.2) is 0 Å².